The first-order valence-electron chi connectivity index (χ1n) is 10.1. The highest BCUT2D eigenvalue weighted by Crippen LogP contribution is 2.23. The molecule has 0 spiro atoms. The van der Waals surface area contributed by atoms with Crippen molar-refractivity contribution in [1.29, 1.82) is 0 Å². The van der Waals surface area contributed by atoms with Crippen LogP contribution in [0.5, 0.6) is 5.75 Å². The summed E-state index contributed by atoms with van der Waals surface area (Å²) in [6.45, 7) is 8.52. The minimum atomic E-state index is -0.546. The van der Waals surface area contributed by atoms with Gasteiger partial charge in [0.25, 0.3) is 0 Å². The van der Waals surface area contributed by atoms with E-state index in [2.05, 4.69) is 31.0 Å². The lowest BCUT2D eigenvalue weighted by Gasteiger charge is -2.30. The van der Waals surface area contributed by atoms with Gasteiger partial charge in [-0.3, -0.25) is 4.79 Å². The lowest BCUT2D eigenvalue weighted by Crippen LogP contribution is -2.44. The van der Waals surface area contributed by atoms with Crippen LogP contribution in [-0.4, -0.2) is 24.5 Å². The first-order valence-corrected chi connectivity index (χ1v) is 10.1. The zero-order chi connectivity index (χ0) is 21.1. The van der Waals surface area contributed by atoms with E-state index >= 15 is 0 Å². The average Bonchev–Trinajstić information content (AvgIpc) is 2.71. The first-order chi connectivity index (χ1) is 14.0. The summed E-state index contributed by atoms with van der Waals surface area (Å²) in [5.41, 5.74) is 1.93. The van der Waals surface area contributed by atoms with Gasteiger partial charge in [-0.2, -0.15) is 0 Å². The predicted octanol–water partition coefficient (Wildman–Crippen LogP) is 5.09. The van der Waals surface area contributed by atoms with Crippen LogP contribution in [0.4, 0.5) is 5.69 Å². The molecule has 0 fully saturated rings. The average molecular weight is 394 g/mol. The topological polar surface area (TPSA) is 47.6 Å². The summed E-state index contributed by atoms with van der Waals surface area (Å²) in [4.78, 5) is 12.4. The number of carbonyl (C=O) groups excluding carboxylic acids is 1. The van der Waals surface area contributed by atoms with Crippen molar-refractivity contribution < 1.29 is 14.3 Å². The summed E-state index contributed by atoms with van der Waals surface area (Å²) >= 11 is 0. The minimum Gasteiger partial charge on any atom is -0.481 e. The molecule has 0 aliphatic heterocycles. The van der Waals surface area contributed by atoms with Crippen molar-refractivity contribution in [2.24, 2.45) is 5.92 Å². The van der Waals surface area contributed by atoms with E-state index in [0.717, 1.165) is 23.4 Å². The van der Waals surface area contributed by atoms with Crippen LogP contribution in [0.25, 0.3) is 0 Å². The maximum absolute atomic E-state index is 12.4. The van der Waals surface area contributed by atoms with Crippen LogP contribution in [0, 0.1) is 17.8 Å². The second kappa shape index (κ2) is 11.9. The molecule has 1 N–H and O–H groups in total. The quantitative estimate of drug-likeness (QED) is 0.571. The number of Topliss-reactive ketones (excluding diaryl/α,β-unsaturated/α-hetero) is 1. The summed E-state index contributed by atoms with van der Waals surface area (Å²) in [6.07, 6.45) is 0.270. The molecule has 0 amide bonds. The van der Waals surface area contributed by atoms with Gasteiger partial charge < -0.3 is 14.8 Å². The van der Waals surface area contributed by atoms with Crippen molar-refractivity contribution in [3.05, 3.63) is 60.2 Å². The Hall–Kier alpha value is -2.77. The Bertz CT molecular complexity index is 821. The number of hydrogen-bond donors (Lipinski definition) is 1. The number of rotatable bonds is 10. The molecular formula is C25H31NO3. The molecule has 4 nitrogen and oxygen atoms in total. The van der Waals surface area contributed by atoms with Gasteiger partial charge in [0.1, 0.15) is 18.5 Å². The van der Waals surface area contributed by atoms with Crippen LogP contribution >= 0.6 is 0 Å². The molecule has 0 saturated heterocycles. The summed E-state index contributed by atoms with van der Waals surface area (Å²) < 4.78 is 11.7. The zero-order valence-electron chi connectivity index (χ0n) is 17.8. The summed E-state index contributed by atoms with van der Waals surface area (Å²) in [5, 5.41) is 3.48. The Labute approximate surface area is 174 Å². The number of hydrogen-bond acceptors (Lipinski definition) is 4. The third-order valence-corrected chi connectivity index (χ3v) is 4.50. The summed E-state index contributed by atoms with van der Waals surface area (Å²) in [5.74, 6) is 6.91. The van der Waals surface area contributed by atoms with E-state index in [4.69, 9.17) is 9.47 Å². The molecule has 0 aliphatic rings. The summed E-state index contributed by atoms with van der Waals surface area (Å²) in [6, 6.07) is 17.5. The second-order valence-corrected chi connectivity index (χ2v) is 7.27. The Kier molecular flexibility index (Phi) is 9.27. The number of benzene rings is 2. The fourth-order valence-corrected chi connectivity index (χ4v) is 2.99. The van der Waals surface area contributed by atoms with Crippen LogP contribution in [0.3, 0.4) is 0 Å². The molecule has 0 aliphatic carbocycles. The van der Waals surface area contributed by atoms with E-state index in [1.165, 1.54) is 0 Å². The molecule has 2 rings (SSSR count). The standard InChI is InChI=1S/C25H31NO3/c1-5-6-10-16-28-23-15-11-14-22(17-23)26-24(19(2)3)25(20(4)27)29-18-21-12-8-7-9-13-21/h7-9,11-15,17,19,24-26H,5,16,18H2,1-4H3/t24-,25+/m0/s1. The maximum Gasteiger partial charge on any atom is 0.160 e. The normalized spacial score (nSPS) is 12.6. The predicted molar refractivity (Wildman–Crippen MR) is 118 cm³/mol. The van der Waals surface area contributed by atoms with E-state index in [0.29, 0.717) is 13.2 Å². The molecule has 4 heteroatoms. The van der Waals surface area contributed by atoms with Crippen molar-refractivity contribution >= 4 is 11.5 Å². The Morgan fingerprint density at radius 3 is 2.48 bits per heavy atom. The van der Waals surface area contributed by atoms with Crippen LogP contribution in [0.2, 0.25) is 0 Å². The molecule has 2 aromatic rings. The van der Waals surface area contributed by atoms with Gasteiger partial charge in [0.05, 0.1) is 12.6 Å². The van der Waals surface area contributed by atoms with Gasteiger partial charge in [0, 0.05) is 18.2 Å². The van der Waals surface area contributed by atoms with Gasteiger partial charge in [-0.15, -0.1) is 5.92 Å². The second-order valence-electron chi connectivity index (χ2n) is 7.27. The van der Waals surface area contributed by atoms with Crippen molar-refractivity contribution in [3.63, 3.8) is 0 Å². The molecule has 0 unspecified atom stereocenters. The maximum atomic E-state index is 12.4. The SMILES string of the molecule is CCC#CCOc1cccc(N[C@@H](C(C)C)[C@H](OCc2ccccc2)C(C)=O)c1. The molecule has 2 atom stereocenters. The molecule has 0 aromatic heterocycles. The molecule has 29 heavy (non-hydrogen) atoms. The van der Waals surface area contributed by atoms with Gasteiger partial charge in [0.15, 0.2) is 5.78 Å². The Morgan fingerprint density at radius 1 is 1.07 bits per heavy atom. The van der Waals surface area contributed by atoms with Gasteiger partial charge in [-0.25, -0.2) is 0 Å². The van der Waals surface area contributed by atoms with Crippen LogP contribution in [-0.2, 0) is 16.1 Å². The van der Waals surface area contributed by atoms with Crippen LogP contribution in [0.1, 0.15) is 39.7 Å². The van der Waals surface area contributed by atoms with Gasteiger partial charge in [0.2, 0.25) is 0 Å². The molecule has 0 radical (unpaired) electrons. The van der Waals surface area contributed by atoms with Gasteiger partial charge >= 0.3 is 0 Å². The smallest absolute Gasteiger partial charge is 0.160 e. The van der Waals surface area contributed by atoms with E-state index in [9.17, 15) is 4.79 Å². The monoisotopic (exact) mass is 393 g/mol. The third kappa shape index (κ3) is 7.63. The first kappa shape index (κ1) is 22.5. The molecule has 2 aromatic carbocycles. The third-order valence-electron chi connectivity index (χ3n) is 4.50. The minimum absolute atomic E-state index is 0.00868. The molecule has 0 heterocycles. The van der Waals surface area contributed by atoms with Crippen LogP contribution < -0.4 is 10.1 Å². The van der Waals surface area contributed by atoms with E-state index in [-0.39, 0.29) is 17.7 Å². The van der Waals surface area contributed by atoms with Crippen molar-refractivity contribution in [1.82, 2.24) is 0 Å². The molecular weight excluding hydrogens is 362 g/mol. The van der Waals surface area contributed by atoms with E-state index in [1.807, 2.05) is 61.5 Å². The lowest BCUT2D eigenvalue weighted by atomic mass is 9.95. The fourth-order valence-electron chi connectivity index (χ4n) is 2.99. The Morgan fingerprint density at radius 2 is 1.83 bits per heavy atom. The van der Waals surface area contributed by atoms with E-state index < -0.39 is 6.10 Å². The number of carbonyl (C=O) groups is 1. The number of anilines is 1. The molecule has 0 saturated carbocycles. The highest BCUT2D eigenvalue weighted by atomic mass is 16.5. The summed E-state index contributed by atoms with van der Waals surface area (Å²) in [7, 11) is 0. The van der Waals surface area contributed by atoms with E-state index in [1.54, 1.807) is 6.92 Å². The van der Waals surface area contributed by atoms with Crippen molar-refractivity contribution in [3.8, 4) is 17.6 Å². The lowest BCUT2D eigenvalue weighted by molar-refractivity contribution is -0.130. The number of ether oxygens (including phenoxy) is 2. The fraction of sp³-hybridized carbons (Fsp3) is 0.400. The zero-order valence-corrected chi connectivity index (χ0v) is 17.8. The highest BCUT2D eigenvalue weighted by molar-refractivity contribution is 5.82. The van der Waals surface area contributed by atoms with Crippen molar-refractivity contribution in [2.75, 3.05) is 11.9 Å². The van der Waals surface area contributed by atoms with Gasteiger partial charge in [-0.1, -0.05) is 63.1 Å². The largest absolute Gasteiger partial charge is 0.481 e. The molecule has 0 bridgehead atoms. The Balaban J connectivity index is 2.09. The van der Waals surface area contributed by atoms with Crippen molar-refractivity contribution in [2.45, 2.75) is 52.9 Å². The van der Waals surface area contributed by atoms with Gasteiger partial charge in [-0.05, 0) is 30.5 Å². The molecule has 154 valence electrons. The highest BCUT2D eigenvalue weighted by Gasteiger charge is 2.29. The number of ketones is 1. The number of nitrogens with one attached hydrogen (secondary N) is 1. The van der Waals surface area contributed by atoms with Crippen LogP contribution in [0.15, 0.2) is 54.6 Å².